The van der Waals surface area contributed by atoms with E-state index in [0.29, 0.717) is 6.10 Å². The standard InChI is InChI=1S/C10H20ClNO/c1-2-10-9-12(7-8-13-10)6-4-3-5-11/h10H,2-9H2,1H3. The van der Waals surface area contributed by atoms with E-state index in [1.165, 1.54) is 13.0 Å². The van der Waals surface area contributed by atoms with E-state index < -0.39 is 0 Å². The summed E-state index contributed by atoms with van der Waals surface area (Å²) in [6, 6.07) is 0. The number of ether oxygens (including phenoxy) is 1. The Hall–Kier alpha value is 0.210. The summed E-state index contributed by atoms with van der Waals surface area (Å²) in [7, 11) is 0. The van der Waals surface area contributed by atoms with Crippen LogP contribution in [0.25, 0.3) is 0 Å². The Labute approximate surface area is 86.2 Å². The second-order valence-corrected chi connectivity index (χ2v) is 3.98. The fourth-order valence-corrected chi connectivity index (χ4v) is 1.85. The van der Waals surface area contributed by atoms with Crippen LogP contribution in [0.1, 0.15) is 26.2 Å². The third-order valence-corrected chi connectivity index (χ3v) is 2.80. The zero-order valence-corrected chi connectivity index (χ0v) is 9.22. The highest BCUT2D eigenvalue weighted by Gasteiger charge is 2.17. The van der Waals surface area contributed by atoms with Gasteiger partial charge in [0.25, 0.3) is 0 Å². The Bertz CT molecular complexity index is 132. The average molecular weight is 206 g/mol. The molecule has 1 rings (SSSR count). The molecule has 0 spiro atoms. The van der Waals surface area contributed by atoms with Crippen molar-refractivity contribution in [2.45, 2.75) is 32.3 Å². The zero-order chi connectivity index (χ0) is 9.52. The predicted octanol–water partition coefficient (Wildman–Crippen LogP) is 2.12. The molecule has 1 fully saturated rings. The summed E-state index contributed by atoms with van der Waals surface area (Å²) >= 11 is 5.63. The van der Waals surface area contributed by atoms with Gasteiger partial charge in [-0.05, 0) is 25.8 Å². The zero-order valence-electron chi connectivity index (χ0n) is 8.47. The summed E-state index contributed by atoms with van der Waals surface area (Å²) in [5, 5.41) is 0. The molecule has 0 bridgehead atoms. The van der Waals surface area contributed by atoms with Crippen molar-refractivity contribution in [3.63, 3.8) is 0 Å². The molecule has 2 nitrogen and oxygen atoms in total. The molecule has 1 unspecified atom stereocenters. The third-order valence-electron chi connectivity index (χ3n) is 2.54. The van der Waals surface area contributed by atoms with E-state index in [9.17, 15) is 0 Å². The van der Waals surface area contributed by atoms with Crippen LogP contribution in [-0.4, -0.2) is 43.1 Å². The van der Waals surface area contributed by atoms with Crippen molar-refractivity contribution in [1.82, 2.24) is 4.90 Å². The maximum atomic E-state index is 5.63. The maximum absolute atomic E-state index is 5.63. The molecule has 0 aromatic heterocycles. The van der Waals surface area contributed by atoms with Crippen molar-refractivity contribution in [2.75, 3.05) is 32.1 Å². The average Bonchev–Trinajstić information content (AvgIpc) is 2.19. The van der Waals surface area contributed by atoms with E-state index in [4.69, 9.17) is 16.3 Å². The summed E-state index contributed by atoms with van der Waals surface area (Å²) in [5.74, 6) is 0.793. The fraction of sp³-hybridized carbons (Fsp3) is 1.00. The Morgan fingerprint density at radius 2 is 2.31 bits per heavy atom. The van der Waals surface area contributed by atoms with Crippen molar-refractivity contribution in [3.05, 3.63) is 0 Å². The first-order chi connectivity index (χ1) is 6.36. The van der Waals surface area contributed by atoms with Crippen molar-refractivity contribution in [3.8, 4) is 0 Å². The normalized spacial score (nSPS) is 24.9. The van der Waals surface area contributed by atoms with Crippen LogP contribution in [0.3, 0.4) is 0 Å². The highest BCUT2D eigenvalue weighted by molar-refractivity contribution is 6.17. The molecule has 0 radical (unpaired) electrons. The first-order valence-corrected chi connectivity index (χ1v) is 5.80. The minimum absolute atomic E-state index is 0.463. The van der Waals surface area contributed by atoms with Crippen LogP contribution >= 0.6 is 11.6 Å². The lowest BCUT2D eigenvalue weighted by Gasteiger charge is -2.32. The minimum Gasteiger partial charge on any atom is -0.376 e. The van der Waals surface area contributed by atoms with Crippen molar-refractivity contribution in [1.29, 1.82) is 0 Å². The molecule has 0 aromatic carbocycles. The predicted molar refractivity (Wildman–Crippen MR) is 56.4 cm³/mol. The van der Waals surface area contributed by atoms with Gasteiger partial charge < -0.3 is 4.74 Å². The summed E-state index contributed by atoms with van der Waals surface area (Å²) in [6.07, 6.45) is 3.95. The molecular formula is C10H20ClNO. The van der Waals surface area contributed by atoms with Crippen LogP contribution in [0.15, 0.2) is 0 Å². The van der Waals surface area contributed by atoms with Gasteiger partial charge in [0.1, 0.15) is 0 Å². The lowest BCUT2D eigenvalue weighted by Crippen LogP contribution is -2.42. The molecular weight excluding hydrogens is 186 g/mol. The molecule has 0 saturated carbocycles. The molecule has 1 atom stereocenters. The second kappa shape index (κ2) is 6.63. The van der Waals surface area contributed by atoms with Gasteiger partial charge in [-0.15, -0.1) is 11.6 Å². The van der Waals surface area contributed by atoms with Gasteiger partial charge in [0.05, 0.1) is 12.7 Å². The van der Waals surface area contributed by atoms with E-state index in [1.54, 1.807) is 0 Å². The van der Waals surface area contributed by atoms with Crippen molar-refractivity contribution >= 4 is 11.6 Å². The van der Waals surface area contributed by atoms with Gasteiger partial charge in [-0.1, -0.05) is 6.92 Å². The molecule has 1 aliphatic rings. The number of rotatable bonds is 5. The smallest absolute Gasteiger partial charge is 0.0700 e. The van der Waals surface area contributed by atoms with Crippen LogP contribution in [-0.2, 0) is 4.74 Å². The van der Waals surface area contributed by atoms with E-state index in [2.05, 4.69) is 11.8 Å². The molecule has 1 heterocycles. The van der Waals surface area contributed by atoms with Crippen molar-refractivity contribution < 1.29 is 4.74 Å². The quantitative estimate of drug-likeness (QED) is 0.504. The van der Waals surface area contributed by atoms with Gasteiger partial charge in [0.15, 0.2) is 0 Å². The van der Waals surface area contributed by atoms with Crippen LogP contribution < -0.4 is 0 Å². The number of halogens is 1. The maximum Gasteiger partial charge on any atom is 0.0700 e. The molecule has 1 saturated heterocycles. The summed E-state index contributed by atoms with van der Waals surface area (Å²) < 4.78 is 5.60. The van der Waals surface area contributed by atoms with Crippen LogP contribution in [0.4, 0.5) is 0 Å². The SMILES string of the molecule is CCC1CN(CCCCCl)CCO1. The highest BCUT2D eigenvalue weighted by Crippen LogP contribution is 2.08. The van der Waals surface area contributed by atoms with Crippen LogP contribution in [0.2, 0.25) is 0 Å². The van der Waals surface area contributed by atoms with Gasteiger partial charge in [-0.2, -0.15) is 0 Å². The second-order valence-electron chi connectivity index (χ2n) is 3.60. The number of alkyl halides is 1. The molecule has 13 heavy (non-hydrogen) atoms. The summed E-state index contributed by atoms with van der Waals surface area (Å²) in [5.41, 5.74) is 0. The Balaban J connectivity index is 2.11. The first kappa shape index (κ1) is 11.3. The molecule has 1 aliphatic heterocycles. The lowest BCUT2D eigenvalue weighted by atomic mass is 10.2. The topological polar surface area (TPSA) is 12.5 Å². The van der Waals surface area contributed by atoms with Crippen LogP contribution in [0.5, 0.6) is 0 Å². The number of unbranched alkanes of at least 4 members (excludes halogenated alkanes) is 1. The van der Waals surface area contributed by atoms with Gasteiger partial charge >= 0.3 is 0 Å². The summed E-state index contributed by atoms with van der Waals surface area (Å²) in [4.78, 5) is 2.49. The van der Waals surface area contributed by atoms with E-state index in [1.807, 2.05) is 0 Å². The number of nitrogens with zero attached hydrogens (tertiary/aromatic N) is 1. The molecule has 0 N–H and O–H groups in total. The fourth-order valence-electron chi connectivity index (χ4n) is 1.66. The Kier molecular flexibility index (Phi) is 5.76. The molecule has 0 amide bonds. The molecule has 78 valence electrons. The monoisotopic (exact) mass is 205 g/mol. The van der Waals surface area contributed by atoms with Crippen LogP contribution in [0, 0.1) is 0 Å². The third kappa shape index (κ3) is 4.30. The largest absolute Gasteiger partial charge is 0.376 e. The number of hydrogen-bond donors (Lipinski definition) is 0. The molecule has 0 aliphatic carbocycles. The van der Waals surface area contributed by atoms with E-state index >= 15 is 0 Å². The van der Waals surface area contributed by atoms with Crippen molar-refractivity contribution in [2.24, 2.45) is 0 Å². The van der Waals surface area contributed by atoms with E-state index in [-0.39, 0.29) is 0 Å². The lowest BCUT2D eigenvalue weighted by molar-refractivity contribution is -0.0298. The Morgan fingerprint density at radius 3 is 3.00 bits per heavy atom. The molecule has 3 heteroatoms. The van der Waals surface area contributed by atoms with Gasteiger partial charge in [0, 0.05) is 19.0 Å². The van der Waals surface area contributed by atoms with Gasteiger partial charge in [0.2, 0.25) is 0 Å². The van der Waals surface area contributed by atoms with Gasteiger partial charge in [-0.25, -0.2) is 0 Å². The molecule has 0 aromatic rings. The summed E-state index contributed by atoms with van der Waals surface area (Å²) in [6.45, 7) is 6.48. The van der Waals surface area contributed by atoms with Gasteiger partial charge in [-0.3, -0.25) is 4.90 Å². The minimum atomic E-state index is 0.463. The number of hydrogen-bond acceptors (Lipinski definition) is 2. The number of morpholine rings is 1. The first-order valence-electron chi connectivity index (χ1n) is 5.26. The Morgan fingerprint density at radius 1 is 1.46 bits per heavy atom. The van der Waals surface area contributed by atoms with E-state index in [0.717, 1.165) is 38.4 Å². The highest BCUT2D eigenvalue weighted by atomic mass is 35.5.